The van der Waals surface area contributed by atoms with Crippen LogP contribution in [0.2, 0.25) is 5.15 Å². The number of unbranched alkanes of at least 4 members (excludes halogenated alkanes) is 2. The Morgan fingerprint density at radius 1 is 1.36 bits per heavy atom. The Morgan fingerprint density at radius 3 is 2.77 bits per heavy atom. The standard InChI is InChI=1S/C15H21ClN4O2/c1-2-3-4-7-18-8-9-19(15(18)12-20(21)22)11-13-5-6-14(16)17-10-13/h5-6,10,12H,2-4,7-9,11H2,1H3/b15-12+. The first-order chi connectivity index (χ1) is 10.6. The molecule has 1 aromatic heterocycles. The lowest BCUT2D eigenvalue weighted by Crippen LogP contribution is -2.25. The summed E-state index contributed by atoms with van der Waals surface area (Å²) in [7, 11) is 0. The third-order valence-electron chi connectivity index (χ3n) is 3.70. The fourth-order valence-electron chi connectivity index (χ4n) is 2.59. The number of nitro groups is 1. The van der Waals surface area contributed by atoms with Crippen LogP contribution in [-0.4, -0.2) is 39.3 Å². The van der Waals surface area contributed by atoms with Crippen LogP contribution >= 0.6 is 11.6 Å². The molecule has 0 bridgehead atoms. The quantitative estimate of drug-likeness (QED) is 0.334. The molecule has 1 aliphatic heterocycles. The summed E-state index contributed by atoms with van der Waals surface area (Å²) in [6.45, 7) is 5.23. The van der Waals surface area contributed by atoms with Crippen LogP contribution in [0, 0.1) is 10.1 Å². The minimum atomic E-state index is -0.374. The van der Waals surface area contributed by atoms with Gasteiger partial charge in [-0.1, -0.05) is 37.4 Å². The lowest BCUT2D eigenvalue weighted by Gasteiger charge is -2.22. The van der Waals surface area contributed by atoms with Crippen molar-refractivity contribution < 1.29 is 4.92 Å². The van der Waals surface area contributed by atoms with Crippen molar-refractivity contribution in [2.75, 3.05) is 19.6 Å². The van der Waals surface area contributed by atoms with Crippen LogP contribution in [0.3, 0.4) is 0 Å². The lowest BCUT2D eigenvalue weighted by atomic mass is 10.2. The van der Waals surface area contributed by atoms with E-state index in [1.807, 2.05) is 11.0 Å². The maximum atomic E-state index is 10.9. The van der Waals surface area contributed by atoms with Gasteiger partial charge in [-0.2, -0.15) is 0 Å². The summed E-state index contributed by atoms with van der Waals surface area (Å²) in [5.41, 5.74) is 0.994. The molecule has 1 saturated heterocycles. The zero-order valence-electron chi connectivity index (χ0n) is 12.7. The Hall–Kier alpha value is -1.82. The Kier molecular flexibility index (Phi) is 6.00. The van der Waals surface area contributed by atoms with Crippen LogP contribution in [0.25, 0.3) is 0 Å². The summed E-state index contributed by atoms with van der Waals surface area (Å²) >= 11 is 5.79. The Balaban J connectivity index is 2.06. The second kappa shape index (κ2) is 7.98. The largest absolute Gasteiger partial charge is 0.351 e. The summed E-state index contributed by atoms with van der Waals surface area (Å²) in [6, 6.07) is 3.64. The van der Waals surface area contributed by atoms with Gasteiger partial charge in [-0.15, -0.1) is 0 Å². The van der Waals surface area contributed by atoms with Crippen LogP contribution in [0.5, 0.6) is 0 Å². The molecular weight excluding hydrogens is 304 g/mol. The molecular formula is C15H21ClN4O2. The summed E-state index contributed by atoms with van der Waals surface area (Å²) < 4.78 is 0. The molecule has 0 saturated carbocycles. The first-order valence-electron chi connectivity index (χ1n) is 7.55. The van der Waals surface area contributed by atoms with Gasteiger partial charge >= 0.3 is 0 Å². The van der Waals surface area contributed by atoms with Crippen molar-refractivity contribution in [2.45, 2.75) is 32.7 Å². The number of halogens is 1. The van der Waals surface area contributed by atoms with Gasteiger partial charge in [-0.25, -0.2) is 4.98 Å². The van der Waals surface area contributed by atoms with E-state index in [0.29, 0.717) is 17.5 Å². The van der Waals surface area contributed by atoms with Crippen molar-refractivity contribution in [2.24, 2.45) is 0 Å². The number of nitrogens with zero attached hydrogens (tertiary/aromatic N) is 4. The van der Waals surface area contributed by atoms with Crippen molar-refractivity contribution in [1.29, 1.82) is 0 Å². The highest BCUT2D eigenvalue weighted by molar-refractivity contribution is 6.29. The summed E-state index contributed by atoms with van der Waals surface area (Å²) in [5, 5.41) is 11.4. The fourth-order valence-corrected chi connectivity index (χ4v) is 2.70. The number of pyridine rings is 1. The van der Waals surface area contributed by atoms with E-state index in [0.717, 1.165) is 50.7 Å². The molecule has 2 rings (SSSR count). The Bertz CT molecular complexity index is 533. The molecule has 0 aliphatic carbocycles. The average Bonchev–Trinajstić information content (AvgIpc) is 2.84. The van der Waals surface area contributed by atoms with Crippen LogP contribution in [0.15, 0.2) is 30.4 Å². The van der Waals surface area contributed by atoms with Gasteiger partial charge in [-0.3, -0.25) is 10.1 Å². The highest BCUT2D eigenvalue weighted by Crippen LogP contribution is 2.22. The molecule has 1 fully saturated rings. The molecule has 1 aromatic rings. The molecule has 120 valence electrons. The van der Waals surface area contributed by atoms with Crippen LogP contribution < -0.4 is 0 Å². The van der Waals surface area contributed by atoms with E-state index >= 15 is 0 Å². The molecule has 0 amide bonds. The Morgan fingerprint density at radius 2 is 2.14 bits per heavy atom. The lowest BCUT2D eigenvalue weighted by molar-refractivity contribution is -0.405. The molecule has 0 unspecified atom stereocenters. The second-order valence-corrected chi connectivity index (χ2v) is 5.76. The highest BCUT2D eigenvalue weighted by atomic mass is 35.5. The van der Waals surface area contributed by atoms with E-state index in [-0.39, 0.29) is 4.92 Å². The van der Waals surface area contributed by atoms with E-state index in [2.05, 4.69) is 16.8 Å². The summed E-state index contributed by atoms with van der Waals surface area (Å²) in [6.07, 6.45) is 6.17. The van der Waals surface area contributed by atoms with Gasteiger partial charge in [0.1, 0.15) is 5.15 Å². The van der Waals surface area contributed by atoms with Crippen molar-refractivity contribution in [1.82, 2.24) is 14.8 Å². The van der Waals surface area contributed by atoms with Crippen molar-refractivity contribution in [3.8, 4) is 0 Å². The number of rotatable bonds is 7. The summed E-state index contributed by atoms with van der Waals surface area (Å²) in [4.78, 5) is 18.7. The molecule has 0 radical (unpaired) electrons. The van der Waals surface area contributed by atoms with Gasteiger partial charge in [0.25, 0.3) is 6.20 Å². The molecule has 2 heterocycles. The smallest absolute Gasteiger partial charge is 0.274 e. The third kappa shape index (κ3) is 4.59. The predicted octanol–water partition coefficient (Wildman–Crippen LogP) is 3.12. The molecule has 0 spiro atoms. The minimum Gasteiger partial charge on any atom is -0.351 e. The molecule has 7 heteroatoms. The van der Waals surface area contributed by atoms with Gasteiger partial charge in [0, 0.05) is 32.4 Å². The first-order valence-corrected chi connectivity index (χ1v) is 7.93. The number of hydrogen-bond acceptors (Lipinski definition) is 5. The SMILES string of the molecule is CCCCCN1CCN(Cc2ccc(Cl)nc2)/C1=C/[N+](=O)[O-]. The molecule has 0 N–H and O–H groups in total. The Labute approximate surface area is 135 Å². The average molecular weight is 325 g/mol. The molecule has 6 nitrogen and oxygen atoms in total. The van der Waals surface area contributed by atoms with E-state index in [9.17, 15) is 10.1 Å². The van der Waals surface area contributed by atoms with Crippen LogP contribution in [0.4, 0.5) is 0 Å². The highest BCUT2D eigenvalue weighted by Gasteiger charge is 2.27. The normalized spacial score (nSPS) is 16.5. The van der Waals surface area contributed by atoms with Crippen molar-refractivity contribution in [3.63, 3.8) is 0 Å². The topological polar surface area (TPSA) is 62.5 Å². The number of hydrogen-bond donors (Lipinski definition) is 0. The van der Waals surface area contributed by atoms with Gasteiger partial charge < -0.3 is 9.80 Å². The number of aromatic nitrogens is 1. The van der Waals surface area contributed by atoms with E-state index in [4.69, 9.17) is 11.6 Å². The maximum absolute atomic E-state index is 10.9. The zero-order chi connectivity index (χ0) is 15.9. The molecule has 1 aliphatic rings. The molecule has 22 heavy (non-hydrogen) atoms. The van der Waals surface area contributed by atoms with Crippen molar-refractivity contribution in [3.05, 3.63) is 51.2 Å². The molecule has 0 aromatic carbocycles. The summed E-state index contributed by atoms with van der Waals surface area (Å²) in [5.74, 6) is 0.691. The third-order valence-corrected chi connectivity index (χ3v) is 3.93. The van der Waals surface area contributed by atoms with E-state index < -0.39 is 0 Å². The van der Waals surface area contributed by atoms with Gasteiger partial charge in [0.15, 0.2) is 5.82 Å². The van der Waals surface area contributed by atoms with Gasteiger partial charge in [0.2, 0.25) is 0 Å². The van der Waals surface area contributed by atoms with Crippen molar-refractivity contribution >= 4 is 11.6 Å². The monoisotopic (exact) mass is 324 g/mol. The van der Waals surface area contributed by atoms with E-state index in [1.54, 1.807) is 12.3 Å². The second-order valence-electron chi connectivity index (χ2n) is 5.38. The molecule has 0 atom stereocenters. The van der Waals surface area contributed by atoms with Gasteiger partial charge in [0.05, 0.1) is 4.92 Å². The predicted molar refractivity (Wildman–Crippen MR) is 85.8 cm³/mol. The minimum absolute atomic E-state index is 0.374. The first kappa shape index (κ1) is 16.5. The van der Waals surface area contributed by atoms with Gasteiger partial charge in [-0.05, 0) is 18.1 Å². The maximum Gasteiger partial charge on any atom is 0.274 e. The van der Waals surface area contributed by atoms with Crippen LogP contribution in [-0.2, 0) is 6.54 Å². The fraction of sp³-hybridized carbons (Fsp3) is 0.533. The zero-order valence-corrected chi connectivity index (χ0v) is 13.5. The van der Waals surface area contributed by atoms with E-state index in [1.165, 1.54) is 0 Å². The van der Waals surface area contributed by atoms with Crippen LogP contribution in [0.1, 0.15) is 31.7 Å².